The van der Waals surface area contributed by atoms with Crippen molar-refractivity contribution in [2.45, 2.75) is 6.61 Å². The summed E-state index contributed by atoms with van der Waals surface area (Å²) >= 11 is 3.11. The molecule has 4 heteroatoms. The predicted molar refractivity (Wildman–Crippen MR) is 50.8 cm³/mol. The van der Waals surface area contributed by atoms with Crippen molar-refractivity contribution in [1.82, 2.24) is 0 Å². The fourth-order valence-corrected chi connectivity index (χ4v) is 1.29. The van der Waals surface area contributed by atoms with E-state index >= 15 is 0 Å². The SMILES string of the molecule is OCCOCc1cccc(F)c1Br. The predicted octanol–water partition coefficient (Wildman–Crippen LogP) is 2.10. The van der Waals surface area contributed by atoms with Crippen LogP contribution < -0.4 is 0 Å². The van der Waals surface area contributed by atoms with E-state index in [4.69, 9.17) is 9.84 Å². The number of benzene rings is 1. The van der Waals surface area contributed by atoms with Crippen molar-refractivity contribution >= 4 is 15.9 Å². The Morgan fingerprint density at radius 2 is 2.23 bits per heavy atom. The van der Waals surface area contributed by atoms with Gasteiger partial charge in [-0.3, -0.25) is 0 Å². The molecule has 0 amide bonds. The smallest absolute Gasteiger partial charge is 0.137 e. The summed E-state index contributed by atoms with van der Waals surface area (Å²) in [4.78, 5) is 0. The highest BCUT2D eigenvalue weighted by Gasteiger charge is 2.04. The Hall–Kier alpha value is -0.450. The molecule has 0 saturated carbocycles. The van der Waals surface area contributed by atoms with Gasteiger partial charge in [0.2, 0.25) is 0 Å². The second-order valence-electron chi connectivity index (χ2n) is 2.49. The van der Waals surface area contributed by atoms with E-state index in [2.05, 4.69) is 15.9 Å². The van der Waals surface area contributed by atoms with Crippen molar-refractivity contribution in [3.63, 3.8) is 0 Å². The van der Waals surface area contributed by atoms with Crippen molar-refractivity contribution < 1.29 is 14.2 Å². The number of halogens is 2. The van der Waals surface area contributed by atoms with E-state index in [9.17, 15) is 4.39 Å². The molecule has 13 heavy (non-hydrogen) atoms. The maximum absolute atomic E-state index is 12.9. The van der Waals surface area contributed by atoms with Crippen molar-refractivity contribution in [3.8, 4) is 0 Å². The number of aliphatic hydroxyl groups excluding tert-OH is 1. The van der Waals surface area contributed by atoms with Gasteiger partial charge in [0.25, 0.3) is 0 Å². The summed E-state index contributed by atoms with van der Waals surface area (Å²) in [6, 6.07) is 4.77. The van der Waals surface area contributed by atoms with Crippen molar-refractivity contribution in [3.05, 3.63) is 34.1 Å². The lowest BCUT2D eigenvalue weighted by molar-refractivity contribution is 0.0811. The Bertz CT molecular complexity index is 278. The molecule has 1 aromatic rings. The van der Waals surface area contributed by atoms with Crippen LogP contribution in [0, 0.1) is 5.82 Å². The van der Waals surface area contributed by atoms with Crippen LogP contribution in [0.3, 0.4) is 0 Å². The first kappa shape index (κ1) is 10.6. The highest BCUT2D eigenvalue weighted by molar-refractivity contribution is 9.10. The van der Waals surface area contributed by atoms with E-state index in [1.165, 1.54) is 6.07 Å². The molecule has 0 heterocycles. The van der Waals surface area contributed by atoms with Crippen LogP contribution in [0.1, 0.15) is 5.56 Å². The second kappa shape index (κ2) is 5.32. The lowest BCUT2D eigenvalue weighted by Gasteiger charge is -2.05. The van der Waals surface area contributed by atoms with Gasteiger partial charge in [-0.25, -0.2) is 4.39 Å². The first-order valence-electron chi connectivity index (χ1n) is 3.87. The molecule has 0 saturated heterocycles. The first-order valence-corrected chi connectivity index (χ1v) is 4.66. The van der Waals surface area contributed by atoms with Gasteiger partial charge in [-0.2, -0.15) is 0 Å². The highest BCUT2D eigenvalue weighted by Crippen LogP contribution is 2.20. The second-order valence-corrected chi connectivity index (χ2v) is 3.28. The standard InChI is InChI=1S/C9H10BrFO2/c10-9-7(6-13-5-4-12)2-1-3-8(9)11/h1-3,12H,4-6H2. The third-order valence-electron chi connectivity index (χ3n) is 1.52. The maximum atomic E-state index is 12.9. The molecule has 2 nitrogen and oxygen atoms in total. The fraction of sp³-hybridized carbons (Fsp3) is 0.333. The molecule has 0 fully saturated rings. The van der Waals surface area contributed by atoms with Gasteiger partial charge in [0, 0.05) is 0 Å². The zero-order valence-electron chi connectivity index (χ0n) is 6.96. The molecule has 1 aromatic carbocycles. The largest absolute Gasteiger partial charge is 0.394 e. The van der Waals surface area contributed by atoms with Crippen molar-refractivity contribution in [1.29, 1.82) is 0 Å². The summed E-state index contributed by atoms with van der Waals surface area (Å²) in [5.41, 5.74) is 0.744. The van der Waals surface area contributed by atoms with Gasteiger partial charge in [-0.1, -0.05) is 12.1 Å². The third kappa shape index (κ3) is 3.06. The van der Waals surface area contributed by atoms with Gasteiger partial charge in [0.15, 0.2) is 0 Å². The molecule has 0 aliphatic rings. The van der Waals surface area contributed by atoms with E-state index in [-0.39, 0.29) is 19.0 Å². The van der Waals surface area contributed by atoms with Crippen LogP contribution in [-0.4, -0.2) is 18.3 Å². The number of rotatable bonds is 4. The van der Waals surface area contributed by atoms with Crippen LogP contribution >= 0.6 is 15.9 Å². The first-order chi connectivity index (χ1) is 6.25. The number of aliphatic hydroxyl groups is 1. The van der Waals surface area contributed by atoms with Crippen LogP contribution in [0.4, 0.5) is 4.39 Å². The van der Waals surface area contributed by atoms with E-state index in [0.717, 1.165) is 5.56 Å². The van der Waals surface area contributed by atoms with Crippen LogP contribution in [0.2, 0.25) is 0 Å². The summed E-state index contributed by atoms with van der Waals surface area (Å²) in [6.45, 7) is 0.550. The number of hydrogen-bond acceptors (Lipinski definition) is 2. The fourth-order valence-electron chi connectivity index (χ4n) is 0.907. The molecule has 0 aliphatic heterocycles. The Labute approximate surface area is 84.5 Å². The zero-order valence-corrected chi connectivity index (χ0v) is 8.55. The van der Waals surface area contributed by atoms with Gasteiger partial charge >= 0.3 is 0 Å². The van der Waals surface area contributed by atoms with Gasteiger partial charge in [-0.05, 0) is 27.6 Å². The highest BCUT2D eigenvalue weighted by atomic mass is 79.9. The molecule has 72 valence electrons. The molecule has 1 N–H and O–H groups in total. The lowest BCUT2D eigenvalue weighted by atomic mass is 10.2. The van der Waals surface area contributed by atoms with E-state index in [1.807, 2.05) is 0 Å². The average molecular weight is 249 g/mol. The average Bonchev–Trinajstić information content (AvgIpc) is 2.13. The molecule has 0 radical (unpaired) electrons. The van der Waals surface area contributed by atoms with E-state index < -0.39 is 0 Å². The molecule has 0 atom stereocenters. The minimum atomic E-state index is -0.301. The molecular formula is C9H10BrFO2. The quantitative estimate of drug-likeness (QED) is 0.828. The summed E-state index contributed by atoms with van der Waals surface area (Å²) in [6.07, 6.45) is 0. The van der Waals surface area contributed by atoms with Crippen molar-refractivity contribution in [2.75, 3.05) is 13.2 Å². The molecule has 0 aliphatic carbocycles. The lowest BCUT2D eigenvalue weighted by Crippen LogP contribution is -2.00. The van der Waals surface area contributed by atoms with Crippen molar-refractivity contribution in [2.24, 2.45) is 0 Å². The van der Waals surface area contributed by atoms with E-state index in [1.54, 1.807) is 12.1 Å². The van der Waals surface area contributed by atoms with E-state index in [0.29, 0.717) is 11.1 Å². The zero-order chi connectivity index (χ0) is 9.68. The summed E-state index contributed by atoms with van der Waals surface area (Å²) in [5, 5.41) is 8.46. The molecule has 0 spiro atoms. The molecule has 0 bridgehead atoms. The molecule has 0 aromatic heterocycles. The topological polar surface area (TPSA) is 29.5 Å². The van der Waals surface area contributed by atoms with Gasteiger partial charge in [-0.15, -0.1) is 0 Å². The Morgan fingerprint density at radius 3 is 2.92 bits per heavy atom. The maximum Gasteiger partial charge on any atom is 0.137 e. The third-order valence-corrected chi connectivity index (χ3v) is 2.41. The molecular weight excluding hydrogens is 239 g/mol. The van der Waals surface area contributed by atoms with Crippen LogP contribution in [0.15, 0.2) is 22.7 Å². The molecule has 1 rings (SSSR count). The minimum Gasteiger partial charge on any atom is -0.394 e. The summed E-state index contributed by atoms with van der Waals surface area (Å²) < 4.78 is 18.4. The van der Waals surface area contributed by atoms with Gasteiger partial charge in [0.1, 0.15) is 5.82 Å². The van der Waals surface area contributed by atoms with Gasteiger partial charge < -0.3 is 9.84 Å². The summed E-state index contributed by atoms with van der Waals surface area (Å²) in [5.74, 6) is -0.301. The number of ether oxygens (including phenoxy) is 1. The number of hydrogen-bond donors (Lipinski definition) is 1. The normalized spacial score (nSPS) is 10.4. The monoisotopic (exact) mass is 248 g/mol. The Kier molecular flexibility index (Phi) is 4.35. The Balaban J connectivity index is 2.61. The minimum absolute atomic E-state index is 0.0209. The van der Waals surface area contributed by atoms with Gasteiger partial charge in [0.05, 0.1) is 24.3 Å². The van der Waals surface area contributed by atoms with Crippen LogP contribution in [0.5, 0.6) is 0 Å². The molecule has 0 unspecified atom stereocenters. The van der Waals surface area contributed by atoms with Crippen LogP contribution in [0.25, 0.3) is 0 Å². The summed E-state index contributed by atoms with van der Waals surface area (Å²) in [7, 11) is 0. The Morgan fingerprint density at radius 1 is 1.46 bits per heavy atom. The van der Waals surface area contributed by atoms with Crippen LogP contribution in [-0.2, 0) is 11.3 Å².